The monoisotopic (exact) mass is 244 g/mol. The summed E-state index contributed by atoms with van der Waals surface area (Å²) in [7, 11) is 4.08. The Morgan fingerprint density at radius 3 is 2.27 bits per heavy atom. The summed E-state index contributed by atoms with van der Waals surface area (Å²) >= 11 is 11.8. The first kappa shape index (κ1) is 12.8. The number of rotatable bonds is 3. The maximum atomic E-state index is 5.97. The van der Waals surface area contributed by atoms with Gasteiger partial charge in [0.25, 0.3) is 0 Å². The zero-order chi connectivity index (χ0) is 11.6. The minimum Gasteiger partial charge on any atom is -0.306 e. The number of benzene rings is 1. The summed E-state index contributed by atoms with van der Waals surface area (Å²) in [5.74, 6) is 0.190. The minimum atomic E-state index is 0.190. The topological polar surface area (TPSA) is 3.24 Å². The smallest absolute Gasteiger partial charge is 0.0595 e. The molecule has 0 fully saturated rings. The third-order valence-electron chi connectivity index (χ3n) is 2.77. The van der Waals surface area contributed by atoms with Crippen molar-refractivity contribution < 1.29 is 0 Å². The first-order valence-corrected chi connectivity index (χ1v) is 5.63. The second-order valence-corrected chi connectivity index (χ2v) is 4.80. The highest BCUT2D eigenvalue weighted by molar-refractivity contribution is 6.42. The predicted octanol–water partition coefficient (Wildman–Crippen LogP) is 3.86. The van der Waals surface area contributed by atoms with Crippen LogP contribution >= 0.6 is 23.2 Å². The molecule has 0 aliphatic carbocycles. The van der Waals surface area contributed by atoms with Crippen LogP contribution in [-0.2, 0) is 0 Å². The molecular weight excluding hydrogens is 229 g/mol. The summed E-state index contributed by atoms with van der Waals surface area (Å²) in [6.07, 6.45) is 0. The van der Waals surface area contributed by atoms with E-state index < -0.39 is 0 Å². The molecule has 0 heterocycles. The van der Waals surface area contributed by atoms with Crippen LogP contribution in [0.3, 0.4) is 0 Å². The van der Waals surface area contributed by atoms with E-state index in [4.69, 9.17) is 23.2 Å². The highest BCUT2D eigenvalue weighted by atomic mass is 35.5. The van der Waals surface area contributed by atoms with Crippen LogP contribution in [0.4, 0.5) is 0 Å². The molecule has 3 heteroatoms. The fourth-order valence-corrected chi connectivity index (χ4v) is 1.69. The minimum absolute atomic E-state index is 0.190. The van der Waals surface area contributed by atoms with Gasteiger partial charge in [0.15, 0.2) is 0 Å². The Hall–Kier alpha value is -0.240. The molecule has 0 saturated heterocycles. The van der Waals surface area contributed by atoms with Crippen molar-refractivity contribution in [3.8, 4) is 0 Å². The molecule has 0 amide bonds. The normalized spacial score (nSPS) is 15.4. The van der Waals surface area contributed by atoms with Gasteiger partial charge < -0.3 is 4.90 Å². The quantitative estimate of drug-likeness (QED) is 0.781. The van der Waals surface area contributed by atoms with Crippen molar-refractivity contribution in [1.29, 1.82) is 0 Å². The summed E-state index contributed by atoms with van der Waals surface area (Å²) in [5, 5.41) is 1.18. The van der Waals surface area contributed by atoms with Gasteiger partial charge in [-0.2, -0.15) is 0 Å². The molecule has 2 unspecified atom stereocenters. The molecule has 1 nitrogen and oxygen atoms in total. The van der Waals surface area contributed by atoms with Crippen LogP contribution < -0.4 is 0 Å². The SMILES string of the molecule is [CH2]C(c1ccc(Cl)c(Cl)c1)C(C)N(C)C. The summed E-state index contributed by atoms with van der Waals surface area (Å²) in [6.45, 7) is 6.30. The number of likely N-dealkylation sites (N-methyl/N-ethyl adjacent to an activating group) is 1. The summed E-state index contributed by atoms with van der Waals surface area (Å²) in [5.41, 5.74) is 1.12. The van der Waals surface area contributed by atoms with E-state index in [9.17, 15) is 0 Å². The van der Waals surface area contributed by atoms with Gasteiger partial charge in [-0.3, -0.25) is 0 Å². The highest BCUT2D eigenvalue weighted by Gasteiger charge is 2.16. The van der Waals surface area contributed by atoms with Crippen LogP contribution in [0.25, 0.3) is 0 Å². The van der Waals surface area contributed by atoms with Gasteiger partial charge in [-0.15, -0.1) is 0 Å². The van der Waals surface area contributed by atoms with Gasteiger partial charge >= 0.3 is 0 Å². The Morgan fingerprint density at radius 1 is 1.20 bits per heavy atom. The van der Waals surface area contributed by atoms with Crippen molar-refractivity contribution in [3.05, 3.63) is 40.7 Å². The number of hydrogen-bond donors (Lipinski definition) is 0. The van der Waals surface area contributed by atoms with Crippen molar-refractivity contribution in [2.75, 3.05) is 14.1 Å². The fourth-order valence-electron chi connectivity index (χ4n) is 1.38. The van der Waals surface area contributed by atoms with Gasteiger partial charge in [0.2, 0.25) is 0 Å². The number of halogens is 2. The first-order chi connectivity index (χ1) is 6.93. The molecular formula is C12H16Cl2N. The lowest BCUT2D eigenvalue weighted by atomic mass is 9.94. The first-order valence-electron chi connectivity index (χ1n) is 4.88. The van der Waals surface area contributed by atoms with Gasteiger partial charge in [-0.05, 0) is 51.6 Å². The standard InChI is InChI=1S/C12H16Cl2N/c1-8(9(2)15(3)4)10-5-6-11(13)12(14)7-10/h5-9H,1H2,2-4H3. The van der Waals surface area contributed by atoms with Gasteiger partial charge in [-0.25, -0.2) is 0 Å². The molecule has 0 saturated carbocycles. The second kappa shape index (κ2) is 5.20. The van der Waals surface area contributed by atoms with E-state index in [-0.39, 0.29) is 5.92 Å². The Labute approximate surface area is 102 Å². The van der Waals surface area contributed by atoms with Crippen LogP contribution in [0.1, 0.15) is 18.4 Å². The zero-order valence-electron chi connectivity index (χ0n) is 9.30. The predicted molar refractivity (Wildman–Crippen MR) is 67.7 cm³/mol. The molecule has 0 aliphatic heterocycles. The average molecular weight is 245 g/mol. The molecule has 1 radical (unpaired) electrons. The van der Waals surface area contributed by atoms with Crippen molar-refractivity contribution in [2.24, 2.45) is 0 Å². The van der Waals surface area contributed by atoms with E-state index in [1.807, 2.05) is 32.3 Å². The molecule has 0 aromatic heterocycles. The highest BCUT2D eigenvalue weighted by Crippen LogP contribution is 2.28. The third kappa shape index (κ3) is 3.10. The Morgan fingerprint density at radius 2 is 1.80 bits per heavy atom. The van der Waals surface area contributed by atoms with E-state index in [0.717, 1.165) is 5.56 Å². The molecule has 0 spiro atoms. The Bertz CT molecular complexity index is 336. The largest absolute Gasteiger partial charge is 0.306 e. The van der Waals surface area contributed by atoms with Crippen molar-refractivity contribution in [3.63, 3.8) is 0 Å². The Balaban J connectivity index is 2.91. The summed E-state index contributed by atoms with van der Waals surface area (Å²) < 4.78 is 0. The van der Waals surface area contributed by atoms with Gasteiger partial charge in [-0.1, -0.05) is 29.3 Å². The lowest BCUT2D eigenvalue weighted by Crippen LogP contribution is -2.29. The number of nitrogens with zero attached hydrogens (tertiary/aromatic N) is 1. The Kier molecular flexibility index (Phi) is 4.45. The van der Waals surface area contributed by atoms with Gasteiger partial charge in [0, 0.05) is 6.04 Å². The van der Waals surface area contributed by atoms with E-state index in [1.54, 1.807) is 0 Å². The van der Waals surface area contributed by atoms with Crippen LogP contribution in [0.15, 0.2) is 18.2 Å². The number of hydrogen-bond acceptors (Lipinski definition) is 1. The molecule has 0 bridgehead atoms. The molecule has 0 N–H and O–H groups in total. The van der Waals surface area contributed by atoms with Crippen molar-refractivity contribution >= 4 is 23.2 Å². The van der Waals surface area contributed by atoms with E-state index in [2.05, 4.69) is 18.7 Å². The van der Waals surface area contributed by atoms with Gasteiger partial charge in [0.1, 0.15) is 0 Å². The van der Waals surface area contributed by atoms with E-state index in [1.165, 1.54) is 0 Å². The fraction of sp³-hybridized carbons (Fsp3) is 0.417. The molecule has 1 aromatic carbocycles. The molecule has 1 aromatic rings. The molecule has 83 valence electrons. The van der Waals surface area contributed by atoms with Crippen LogP contribution in [-0.4, -0.2) is 25.0 Å². The summed E-state index contributed by atoms with van der Waals surface area (Å²) in [6, 6.07) is 6.05. The van der Waals surface area contributed by atoms with Crippen molar-refractivity contribution in [2.45, 2.75) is 18.9 Å². The van der Waals surface area contributed by atoms with Crippen LogP contribution in [0.2, 0.25) is 10.0 Å². The summed E-state index contributed by atoms with van der Waals surface area (Å²) in [4.78, 5) is 2.14. The zero-order valence-corrected chi connectivity index (χ0v) is 10.8. The van der Waals surface area contributed by atoms with Crippen molar-refractivity contribution in [1.82, 2.24) is 4.90 Å². The lowest BCUT2D eigenvalue weighted by molar-refractivity contribution is 0.292. The molecule has 1 rings (SSSR count). The van der Waals surface area contributed by atoms with Gasteiger partial charge in [0.05, 0.1) is 10.0 Å². The molecule has 2 atom stereocenters. The van der Waals surface area contributed by atoms with Crippen LogP contribution in [0.5, 0.6) is 0 Å². The second-order valence-electron chi connectivity index (χ2n) is 3.98. The maximum absolute atomic E-state index is 5.97. The molecule has 15 heavy (non-hydrogen) atoms. The molecule has 0 aliphatic rings. The lowest BCUT2D eigenvalue weighted by Gasteiger charge is -2.26. The third-order valence-corrected chi connectivity index (χ3v) is 3.51. The van der Waals surface area contributed by atoms with Crippen LogP contribution in [0, 0.1) is 6.92 Å². The van der Waals surface area contributed by atoms with E-state index >= 15 is 0 Å². The average Bonchev–Trinajstić information content (AvgIpc) is 2.19. The van der Waals surface area contributed by atoms with E-state index in [0.29, 0.717) is 16.1 Å². The maximum Gasteiger partial charge on any atom is 0.0595 e.